The number of benzene rings is 1. The van der Waals surface area contributed by atoms with Crippen LogP contribution in [0.15, 0.2) is 28.6 Å². The Hall–Kier alpha value is -1.31. The van der Waals surface area contributed by atoms with Gasteiger partial charge in [-0.1, -0.05) is 52.9 Å². The van der Waals surface area contributed by atoms with Crippen molar-refractivity contribution in [1.82, 2.24) is 10.2 Å². The Bertz CT molecular complexity index is 621. The molecule has 0 spiro atoms. The predicted octanol–water partition coefficient (Wildman–Crippen LogP) is 3.04. The lowest BCUT2D eigenvalue weighted by Gasteiger charge is -2.14. The molecule has 0 amide bonds. The summed E-state index contributed by atoms with van der Waals surface area (Å²) in [4.78, 5) is 12.1. The number of esters is 1. The number of rotatable bonds is 6. The van der Waals surface area contributed by atoms with Gasteiger partial charge in [0, 0.05) is 5.02 Å². The molecule has 1 heterocycles. The minimum atomic E-state index is -0.433. The molecule has 0 fully saturated rings. The number of anilines is 1. The minimum absolute atomic E-state index is 0.295. The maximum Gasteiger partial charge on any atom is 0.319 e. The number of carbonyl (C=O) groups is 1. The highest BCUT2D eigenvalue weighted by molar-refractivity contribution is 8.02. The molecule has 0 saturated heterocycles. The van der Waals surface area contributed by atoms with E-state index in [-0.39, 0.29) is 5.97 Å². The molecule has 0 aliphatic heterocycles. The standard InChI is InChI=1S/C13H14ClN3O2S2/c1-2-19-11(18)10(20-13-17-16-12(15)21-13)7-8-5-3-4-6-9(8)14/h3-6,10H,2,7H2,1H3,(H2,15,16)/t10-/m0/s1. The minimum Gasteiger partial charge on any atom is -0.465 e. The van der Waals surface area contributed by atoms with E-state index in [4.69, 9.17) is 22.1 Å². The van der Waals surface area contributed by atoms with Crippen molar-refractivity contribution in [3.63, 3.8) is 0 Å². The number of hydrogen-bond donors (Lipinski definition) is 1. The third-order valence-electron chi connectivity index (χ3n) is 2.58. The number of halogens is 1. The molecule has 1 aromatic carbocycles. The summed E-state index contributed by atoms with van der Waals surface area (Å²) < 4.78 is 5.75. The van der Waals surface area contributed by atoms with Crippen molar-refractivity contribution in [3.05, 3.63) is 34.9 Å². The molecule has 8 heteroatoms. The van der Waals surface area contributed by atoms with Crippen LogP contribution in [0.4, 0.5) is 5.13 Å². The van der Waals surface area contributed by atoms with Gasteiger partial charge in [0.05, 0.1) is 6.61 Å². The Morgan fingerprint density at radius 2 is 2.24 bits per heavy atom. The van der Waals surface area contributed by atoms with Crippen molar-refractivity contribution in [2.45, 2.75) is 22.9 Å². The quantitative estimate of drug-likeness (QED) is 0.641. The van der Waals surface area contributed by atoms with Crippen molar-refractivity contribution >= 4 is 45.8 Å². The molecule has 0 radical (unpaired) electrons. The molecule has 0 bridgehead atoms. The van der Waals surface area contributed by atoms with Gasteiger partial charge in [0.1, 0.15) is 5.25 Å². The Morgan fingerprint density at radius 1 is 1.48 bits per heavy atom. The van der Waals surface area contributed by atoms with Crippen molar-refractivity contribution in [2.24, 2.45) is 0 Å². The molecule has 2 aromatic rings. The first-order valence-electron chi connectivity index (χ1n) is 6.25. The summed E-state index contributed by atoms with van der Waals surface area (Å²) >= 11 is 8.69. The van der Waals surface area contributed by atoms with Crippen molar-refractivity contribution in [3.8, 4) is 0 Å². The summed E-state index contributed by atoms with van der Waals surface area (Å²) in [5, 5.41) is 8.24. The van der Waals surface area contributed by atoms with Crippen LogP contribution in [-0.2, 0) is 16.0 Å². The maximum atomic E-state index is 12.1. The number of hydrogen-bond acceptors (Lipinski definition) is 7. The lowest BCUT2D eigenvalue weighted by molar-refractivity contribution is -0.142. The molecular formula is C13H14ClN3O2S2. The number of nitrogens with zero attached hydrogens (tertiary/aromatic N) is 2. The molecule has 0 aliphatic carbocycles. The molecule has 0 aliphatic rings. The van der Waals surface area contributed by atoms with E-state index in [1.54, 1.807) is 13.0 Å². The van der Waals surface area contributed by atoms with Gasteiger partial charge in [-0.2, -0.15) is 0 Å². The van der Waals surface area contributed by atoms with E-state index < -0.39 is 5.25 Å². The van der Waals surface area contributed by atoms with E-state index in [0.29, 0.717) is 27.5 Å². The third kappa shape index (κ3) is 4.59. The molecular weight excluding hydrogens is 330 g/mol. The average molecular weight is 344 g/mol. The summed E-state index contributed by atoms with van der Waals surface area (Å²) in [5.74, 6) is -0.295. The van der Waals surface area contributed by atoms with Crippen LogP contribution in [-0.4, -0.2) is 28.0 Å². The smallest absolute Gasteiger partial charge is 0.319 e. The van der Waals surface area contributed by atoms with Gasteiger partial charge < -0.3 is 10.5 Å². The van der Waals surface area contributed by atoms with Crippen LogP contribution in [0, 0.1) is 0 Å². The normalized spacial score (nSPS) is 12.1. The van der Waals surface area contributed by atoms with Crippen LogP contribution in [0.1, 0.15) is 12.5 Å². The number of thioether (sulfide) groups is 1. The van der Waals surface area contributed by atoms with Crippen LogP contribution in [0.2, 0.25) is 5.02 Å². The molecule has 0 unspecified atom stereocenters. The van der Waals surface area contributed by atoms with Gasteiger partial charge in [-0.25, -0.2) is 0 Å². The van der Waals surface area contributed by atoms with Gasteiger partial charge in [-0.15, -0.1) is 10.2 Å². The molecule has 1 atom stereocenters. The molecule has 1 aromatic heterocycles. The molecule has 21 heavy (non-hydrogen) atoms. The Labute approximate surface area is 135 Å². The van der Waals surface area contributed by atoms with Crippen LogP contribution < -0.4 is 5.73 Å². The van der Waals surface area contributed by atoms with Crippen molar-refractivity contribution in [1.29, 1.82) is 0 Å². The van der Waals surface area contributed by atoms with E-state index in [1.807, 2.05) is 18.2 Å². The Kier molecular flexibility index (Phi) is 5.84. The summed E-state index contributed by atoms with van der Waals surface area (Å²) in [6.45, 7) is 2.11. The number of aromatic nitrogens is 2. The SMILES string of the molecule is CCOC(=O)[C@H](Cc1ccccc1Cl)Sc1nnc(N)s1. The fourth-order valence-corrected chi connectivity index (χ4v) is 3.77. The zero-order chi connectivity index (χ0) is 15.2. The second-order valence-electron chi connectivity index (χ2n) is 4.06. The Balaban J connectivity index is 2.16. The van der Waals surface area contributed by atoms with Crippen molar-refractivity contribution in [2.75, 3.05) is 12.3 Å². The Morgan fingerprint density at radius 3 is 2.86 bits per heavy atom. The van der Waals surface area contributed by atoms with Gasteiger partial charge in [0.15, 0.2) is 4.34 Å². The van der Waals surface area contributed by atoms with Crippen LogP contribution >= 0.6 is 34.7 Å². The van der Waals surface area contributed by atoms with Crippen LogP contribution in [0.5, 0.6) is 0 Å². The highest BCUT2D eigenvalue weighted by Crippen LogP contribution is 2.31. The molecule has 5 nitrogen and oxygen atoms in total. The van der Waals surface area contributed by atoms with Gasteiger partial charge in [-0.05, 0) is 25.0 Å². The first-order valence-corrected chi connectivity index (χ1v) is 8.33. The van der Waals surface area contributed by atoms with E-state index in [1.165, 1.54) is 23.1 Å². The lowest BCUT2D eigenvalue weighted by Crippen LogP contribution is -2.22. The van der Waals surface area contributed by atoms with Gasteiger partial charge in [-0.3, -0.25) is 4.79 Å². The number of ether oxygens (including phenoxy) is 1. The molecule has 112 valence electrons. The van der Waals surface area contributed by atoms with Crippen LogP contribution in [0.25, 0.3) is 0 Å². The van der Waals surface area contributed by atoms with E-state index >= 15 is 0 Å². The summed E-state index contributed by atoms with van der Waals surface area (Å²) in [6.07, 6.45) is 0.461. The van der Waals surface area contributed by atoms with Gasteiger partial charge in [0.25, 0.3) is 0 Å². The number of carbonyl (C=O) groups excluding carboxylic acids is 1. The highest BCUT2D eigenvalue weighted by Gasteiger charge is 2.24. The summed E-state index contributed by atoms with van der Waals surface area (Å²) in [7, 11) is 0. The largest absolute Gasteiger partial charge is 0.465 e. The molecule has 2 rings (SSSR count). The van der Waals surface area contributed by atoms with Gasteiger partial charge in [0.2, 0.25) is 5.13 Å². The predicted molar refractivity (Wildman–Crippen MR) is 85.8 cm³/mol. The van der Waals surface area contributed by atoms with Gasteiger partial charge >= 0.3 is 5.97 Å². The second-order valence-corrected chi connectivity index (χ2v) is 6.93. The topological polar surface area (TPSA) is 78.1 Å². The molecule has 2 N–H and O–H groups in total. The van der Waals surface area contributed by atoms with Crippen molar-refractivity contribution < 1.29 is 9.53 Å². The molecule has 0 saturated carbocycles. The zero-order valence-electron chi connectivity index (χ0n) is 11.3. The number of nitrogens with two attached hydrogens (primary N) is 1. The monoisotopic (exact) mass is 343 g/mol. The van der Waals surface area contributed by atoms with E-state index in [0.717, 1.165) is 5.56 Å². The maximum absolute atomic E-state index is 12.1. The number of nitrogen functional groups attached to an aromatic ring is 1. The zero-order valence-corrected chi connectivity index (χ0v) is 13.7. The summed E-state index contributed by atoms with van der Waals surface area (Å²) in [5.41, 5.74) is 6.45. The second kappa shape index (κ2) is 7.63. The lowest BCUT2D eigenvalue weighted by atomic mass is 10.1. The first kappa shape index (κ1) is 16.1. The summed E-state index contributed by atoms with van der Waals surface area (Å²) in [6, 6.07) is 7.43. The van der Waals surface area contributed by atoms with E-state index in [9.17, 15) is 4.79 Å². The van der Waals surface area contributed by atoms with Crippen LogP contribution in [0.3, 0.4) is 0 Å². The first-order chi connectivity index (χ1) is 10.1. The fourth-order valence-electron chi connectivity index (χ4n) is 1.66. The average Bonchev–Trinajstić information content (AvgIpc) is 2.86. The highest BCUT2D eigenvalue weighted by atomic mass is 35.5. The van der Waals surface area contributed by atoms with E-state index in [2.05, 4.69) is 10.2 Å². The fraction of sp³-hybridized carbons (Fsp3) is 0.308. The third-order valence-corrected chi connectivity index (χ3v) is 4.96.